The van der Waals surface area contributed by atoms with E-state index in [-0.39, 0.29) is 18.7 Å². The van der Waals surface area contributed by atoms with Crippen LogP contribution in [0.25, 0.3) is 0 Å². The number of carbonyl (C=O) groups is 2. The maximum absolute atomic E-state index is 11.9. The minimum atomic E-state index is -1.37. The van der Waals surface area contributed by atoms with Crippen molar-refractivity contribution in [3.05, 3.63) is 0 Å². The molecule has 0 unspecified atom stereocenters. The van der Waals surface area contributed by atoms with Gasteiger partial charge in [0.25, 0.3) is 0 Å². The van der Waals surface area contributed by atoms with E-state index in [1.807, 2.05) is 0 Å². The van der Waals surface area contributed by atoms with Crippen LogP contribution in [0.2, 0.25) is 0 Å². The summed E-state index contributed by atoms with van der Waals surface area (Å²) in [6.07, 6.45) is -0.269. The number of amides is 1. The van der Waals surface area contributed by atoms with Crippen LogP contribution in [0.5, 0.6) is 0 Å². The van der Waals surface area contributed by atoms with Gasteiger partial charge in [0.2, 0.25) is 5.79 Å². The van der Waals surface area contributed by atoms with E-state index in [2.05, 4.69) is 0 Å². The van der Waals surface area contributed by atoms with Crippen molar-refractivity contribution in [3.8, 4) is 0 Å². The Morgan fingerprint density at radius 2 is 1.83 bits per heavy atom. The van der Waals surface area contributed by atoms with Gasteiger partial charge in [-0.3, -0.25) is 4.79 Å². The summed E-state index contributed by atoms with van der Waals surface area (Å²) in [4.78, 5) is 25.2. The van der Waals surface area contributed by atoms with Crippen molar-refractivity contribution in [3.63, 3.8) is 0 Å². The minimum absolute atomic E-state index is 0.0494. The Morgan fingerprint density at radius 1 is 1.28 bits per heavy atom. The predicted molar refractivity (Wildman–Crippen MR) is 64.2 cm³/mol. The molecule has 1 saturated heterocycles. The number of ether oxygens (including phenoxy) is 3. The Morgan fingerprint density at radius 3 is 2.28 bits per heavy atom. The Kier molecular flexibility index (Phi) is 4.34. The summed E-state index contributed by atoms with van der Waals surface area (Å²) in [5.74, 6) is -1.53. The average Bonchev–Trinajstić information content (AvgIpc) is 2.28. The zero-order valence-electron chi connectivity index (χ0n) is 11.6. The number of piperidine rings is 1. The molecule has 0 saturated carbocycles. The molecule has 1 fully saturated rings. The van der Waals surface area contributed by atoms with E-state index in [9.17, 15) is 9.59 Å². The van der Waals surface area contributed by atoms with Gasteiger partial charge in [0, 0.05) is 27.2 Å². The first-order chi connectivity index (χ1) is 8.24. The Hall–Kier alpha value is -1.14. The van der Waals surface area contributed by atoms with Crippen LogP contribution in [-0.4, -0.2) is 55.5 Å². The molecule has 1 aliphatic rings. The molecule has 1 aliphatic heterocycles. The van der Waals surface area contributed by atoms with Crippen LogP contribution in [0.3, 0.4) is 0 Å². The topological polar surface area (TPSA) is 65.1 Å². The second kappa shape index (κ2) is 5.24. The molecule has 0 spiro atoms. The fourth-order valence-electron chi connectivity index (χ4n) is 1.77. The largest absolute Gasteiger partial charge is 0.444 e. The van der Waals surface area contributed by atoms with Crippen LogP contribution in [0.4, 0.5) is 4.79 Å². The van der Waals surface area contributed by atoms with Gasteiger partial charge < -0.3 is 19.1 Å². The average molecular weight is 259 g/mol. The Labute approximate surface area is 107 Å². The van der Waals surface area contributed by atoms with E-state index in [1.165, 1.54) is 19.1 Å². The highest BCUT2D eigenvalue weighted by Crippen LogP contribution is 2.23. The van der Waals surface area contributed by atoms with Crippen molar-refractivity contribution < 1.29 is 23.8 Å². The Balaban J connectivity index is 2.76. The van der Waals surface area contributed by atoms with Crippen molar-refractivity contribution in [1.29, 1.82) is 0 Å². The lowest BCUT2D eigenvalue weighted by molar-refractivity contribution is -0.219. The maximum atomic E-state index is 11.9. The fraction of sp³-hybridized carbons (Fsp3) is 0.833. The number of ketones is 1. The number of hydrogen-bond donors (Lipinski definition) is 0. The molecular formula is C12H21NO5. The van der Waals surface area contributed by atoms with Crippen molar-refractivity contribution in [2.24, 2.45) is 0 Å². The summed E-state index contributed by atoms with van der Waals surface area (Å²) in [6, 6.07) is 0. The van der Waals surface area contributed by atoms with E-state index < -0.39 is 17.5 Å². The smallest absolute Gasteiger partial charge is 0.410 e. The highest BCUT2D eigenvalue weighted by Gasteiger charge is 2.45. The Bertz CT molecular complexity index is 330. The predicted octanol–water partition coefficient (Wildman–Crippen LogP) is 1.19. The summed E-state index contributed by atoms with van der Waals surface area (Å²) in [5, 5.41) is 0. The summed E-state index contributed by atoms with van der Waals surface area (Å²) < 4.78 is 15.5. The van der Waals surface area contributed by atoms with Crippen molar-refractivity contribution in [1.82, 2.24) is 4.90 Å². The van der Waals surface area contributed by atoms with E-state index in [0.29, 0.717) is 6.54 Å². The highest BCUT2D eigenvalue weighted by atomic mass is 16.7. The molecule has 0 radical (unpaired) electrons. The molecule has 0 aliphatic carbocycles. The molecular weight excluding hydrogens is 238 g/mol. The summed E-state index contributed by atoms with van der Waals surface area (Å²) >= 11 is 0. The van der Waals surface area contributed by atoms with Crippen molar-refractivity contribution in [2.45, 2.75) is 38.6 Å². The molecule has 0 aromatic heterocycles. The number of carbonyl (C=O) groups excluding carboxylic acids is 2. The SMILES string of the molecule is COC1(OC)CN(C(=O)OC(C)(C)C)CCC1=O. The van der Waals surface area contributed by atoms with Crippen LogP contribution in [0.1, 0.15) is 27.2 Å². The molecule has 0 bridgehead atoms. The number of likely N-dealkylation sites (tertiary alicyclic amines) is 1. The van der Waals surface area contributed by atoms with E-state index >= 15 is 0 Å². The van der Waals surface area contributed by atoms with Crippen LogP contribution in [-0.2, 0) is 19.0 Å². The molecule has 0 N–H and O–H groups in total. The van der Waals surface area contributed by atoms with Crippen molar-refractivity contribution >= 4 is 11.9 Å². The normalized spacial score (nSPS) is 19.8. The summed E-state index contributed by atoms with van der Waals surface area (Å²) in [7, 11) is 2.78. The number of Topliss-reactive ketones (excluding diaryl/α,β-unsaturated/α-hetero) is 1. The van der Waals surface area contributed by atoms with E-state index in [0.717, 1.165) is 0 Å². The second-order valence-corrected chi connectivity index (χ2v) is 5.24. The number of hydrogen-bond acceptors (Lipinski definition) is 5. The molecule has 1 rings (SSSR count). The molecule has 104 valence electrons. The molecule has 0 atom stereocenters. The molecule has 6 heteroatoms. The van der Waals surface area contributed by atoms with E-state index in [1.54, 1.807) is 20.8 Å². The zero-order chi connectivity index (χ0) is 14.0. The monoisotopic (exact) mass is 259 g/mol. The lowest BCUT2D eigenvalue weighted by Crippen LogP contribution is -2.58. The molecule has 0 aromatic rings. The van der Waals surface area contributed by atoms with Gasteiger partial charge in [0.05, 0.1) is 6.54 Å². The summed E-state index contributed by atoms with van der Waals surface area (Å²) in [6.45, 7) is 5.75. The number of nitrogens with zero attached hydrogens (tertiary/aromatic N) is 1. The highest BCUT2D eigenvalue weighted by molar-refractivity contribution is 5.88. The van der Waals surface area contributed by atoms with Crippen LogP contribution >= 0.6 is 0 Å². The lowest BCUT2D eigenvalue weighted by Gasteiger charge is -2.39. The third-order valence-corrected chi connectivity index (χ3v) is 2.74. The molecule has 0 aromatic carbocycles. The lowest BCUT2D eigenvalue weighted by atomic mass is 10.0. The van der Waals surface area contributed by atoms with E-state index in [4.69, 9.17) is 14.2 Å². The van der Waals surface area contributed by atoms with Gasteiger partial charge in [-0.15, -0.1) is 0 Å². The molecule has 1 amide bonds. The minimum Gasteiger partial charge on any atom is -0.444 e. The first-order valence-electron chi connectivity index (χ1n) is 5.85. The van der Waals surface area contributed by atoms with Gasteiger partial charge in [-0.05, 0) is 20.8 Å². The summed E-state index contributed by atoms with van der Waals surface area (Å²) in [5.41, 5.74) is -0.568. The molecule has 18 heavy (non-hydrogen) atoms. The quantitative estimate of drug-likeness (QED) is 0.697. The van der Waals surface area contributed by atoms with Crippen LogP contribution in [0.15, 0.2) is 0 Å². The van der Waals surface area contributed by atoms with Crippen molar-refractivity contribution in [2.75, 3.05) is 27.3 Å². The van der Waals surface area contributed by atoms with Gasteiger partial charge in [-0.25, -0.2) is 4.79 Å². The molecule has 1 heterocycles. The first kappa shape index (κ1) is 14.9. The number of rotatable bonds is 2. The third kappa shape index (κ3) is 3.20. The zero-order valence-corrected chi connectivity index (χ0v) is 11.6. The van der Waals surface area contributed by atoms with Gasteiger partial charge >= 0.3 is 6.09 Å². The van der Waals surface area contributed by atoms with Crippen LogP contribution in [0, 0.1) is 0 Å². The fourth-order valence-corrected chi connectivity index (χ4v) is 1.77. The standard InChI is InChI=1S/C12H21NO5/c1-11(2,3)18-10(15)13-7-6-9(14)12(8-13,16-4)17-5/h6-8H2,1-5H3. The first-order valence-corrected chi connectivity index (χ1v) is 5.85. The molecule has 6 nitrogen and oxygen atoms in total. The maximum Gasteiger partial charge on any atom is 0.410 e. The van der Waals surface area contributed by atoms with Gasteiger partial charge in [0.1, 0.15) is 5.60 Å². The van der Waals surface area contributed by atoms with Gasteiger partial charge in [0.15, 0.2) is 5.78 Å². The third-order valence-electron chi connectivity index (χ3n) is 2.74. The van der Waals surface area contributed by atoms with Gasteiger partial charge in [-0.1, -0.05) is 0 Å². The second-order valence-electron chi connectivity index (χ2n) is 5.24. The number of methoxy groups -OCH3 is 2. The van der Waals surface area contributed by atoms with Crippen LogP contribution < -0.4 is 0 Å². The van der Waals surface area contributed by atoms with Gasteiger partial charge in [-0.2, -0.15) is 0 Å².